The highest BCUT2D eigenvalue weighted by Crippen LogP contribution is 2.19. The van der Waals surface area contributed by atoms with E-state index in [1.165, 1.54) is 0 Å². The topological polar surface area (TPSA) is 56.7 Å². The van der Waals surface area contributed by atoms with Gasteiger partial charge in [0.2, 0.25) is 0 Å². The summed E-state index contributed by atoms with van der Waals surface area (Å²) in [7, 11) is 0. The van der Waals surface area contributed by atoms with Gasteiger partial charge in [0.05, 0.1) is 6.54 Å². The van der Waals surface area contributed by atoms with Crippen LogP contribution in [0.25, 0.3) is 0 Å². The van der Waals surface area contributed by atoms with Gasteiger partial charge < -0.3 is 5.73 Å². The molecule has 0 aliphatic heterocycles. The summed E-state index contributed by atoms with van der Waals surface area (Å²) in [4.78, 5) is 4.18. The first-order chi connectivity index (χ1) is 6.84. The third-order valence-corrected chi connectivity index (χ3v) is 3.56. The minimum Gasteiger partial charge on any atom is -0.382 e. The van der Waals surface area contributed by atoms with Gasteiger partial charge in [0.15, 0.2) is 0 Å². The summed E-state index contributed by atoms with van der Waals surface area (Å²) in [6.45, 7) is 0.863. The molecule has 0 saturated heterocycles. The standard InChI is InChI=1S/C8H10N4S2/c9-7-1-3-12(11-7)4-6-14-8-10-2-5-13-8/h1-3,5H,4,6H2,(H2,9,11). The summed E-state index contributed by atoms with van der Waals surface area (Å²) in [6.07, 6.45) is 3.71. The highest BCUT2D eigenvalue weighted by atomic mass is 32.2. The second-order valence-corrected chi connectivity index (χ2v) is 4.89. The number of hydrogen-bond acceptors (Lipinski definition) is 5. The molecule has 2 aromatic heterocycles. The second-order valence-electron chi connectivity index (χ2n) is 2.65. The fraction of sp³-hybridized carbons (Fsp3) is 0.250. The van der Waals surface area contributed by atoms with Crippen LogP contribution < -0.4 is 5.73 Å². The molecule has 0 fully saturated rings. The lowest BCUT2D eigenvalue weighted by atomic mass is 10.7. The van der Waals surface area contributed by atoms with Gasteiger partial charge in [0.25, 0.3) is 0 Å². The molecule has 4 nitrogen and oxygen atoms in total. The number of thioether (sulfide) groups is 1. The van der Waals surface area contributed by atoms with Gasteiger partial charge in [-0.2, -0.15) is 5.10 Å². The van der Waals surface area contributed by atoms with E-state index >= 15 is 0 Å². The summed E-state index contributed by atoms with van der Waals surface area (Å²) < 4.78 is 2.95. The Morgan fingerprint density at radius 2 is 2.50 bits per heavy atom. The lowest BCUT2D eigenvalue weighted by Gasteiger charge is -1.98. The predicted molar refractivity (Wildman–Crippen MR) is 59.5 cm³/mol. The van der Waals surface area contributed by atoms with E-state index in [0.717, 1.165) is 16.6 Å². The van der Waals surface area contributed by atoms with Gasteiger partial charge in [0, 0.05) is 23.5 Å². The van der Waals surface area contributed by atoms with E-state index in [0.29, 0.717) is 5.82 Å². The van der Waals surface area contributed by atoms with Crippen LogP contribution in [-0.4, -0.2) is 20.5 Å². The van der Waals surface area contributed by atoms with E-state index in [1.807, 2.05) is 22.5 Å². The fourth-order valence-electron chi connectivity index (χ4n) is 1.01. The van der Waals surface area contributed by atoms with E-state index < -0.39 is 0 Å². The molecule has 0 amide bonds. The average Bonchev–Trinajstić information content (AvgIpc) is 2.77. The summed E-state index contributed by atoms with van der Waals surface area (Å²) in [5.41, 5.74) is 5.50. The van der Waals surface area contributed by atoms with E-state index in [1.54, 1.807) is 29.2 Å². The maximum Gasteiger partial charge on any atom is 0.149 e. The number of nitrogens with two attached hydrogens (primary N) is 1. The first kappa shape index (κ1) is 9.54. The zero-order chi connectivity index (χ0) is 9.80. The molecule has 0 aliphatic carbocycles. The molecule has 6 heteroatoms. The number of aryl methyl sites for hydroxylation is 1. The van der Waals surface area contributed by atoms with Crippen molar-refractivity contribution in [1.29, 1.82) is 0 Å². The van der Waals surface area contributed by atoms with Crippen molar-refractivity contribution in [2.75, 3.05) is 11.5 Å². The molecule has 0 unspecified atom stereocenters. The van der Waals surface area contributed by atoms with Crippen LogP contribution in [0.1, 0.15) is 0 Å². The summed E-state index contributed by atoms with van der Waals surface area (Å²) in [5.74, 6) is 1.54. The van der Waals surface area contributed by atoms with E-state index in [-0.39, 0.29) is 0 Å². The third-order valence-electron chi connectivity index (χ3n) is 1.62. The van der Waals surface area contributed by atoms with Crippen LogP contribution in [0.15, 0.2) is 28.2 Å². The summed E-state index contributed by atoms with van der Waals surface area (Å²) in [5, 5.41) is 6.07. The molecular weight excluding hydrogens is 216 g/mol. The number of hydrogen-bond donors (Lipinski definition) is 1. The molecule has 74 valence electrons. The van der Waals surface area contributed by atoms with Crippen molar-refractivity contribution in [2.45, 2.75) is 10.9 Å². The van der Waals surface area contributed by atoms with Crippen molar-refractivity contribution in [2.24, 2.45) is 0 Å². The van der Waals surface area contributed by atoms with Crippen LogP contribution in [0.3, 0.4) is 0 Å². The first-order valence-electron chi connectivity index (χ1n) is 4.16. The number of rotatable bonds is 4. The molecule has 2 aromatic rings. The molecular formula is C8H10N4S2. The quantitative estimate of drug-likeness (QED) is 0.806. The van der Waals surface area contributed by atoms with Crippen molar-refractivity contribution in [3.05, 3.63) is 23.8 Å². The zero-order valence-electron chi connectivity index (χ0n) is 7.46. The first-order valence-corrected chi connectivity index (χ1v) is 6.02. The number of aromatic nitrogens is 3. The second kappa shape index (κ2) is 4.47. The molecule has 0 aliphatic rings. The predicted octanol–water partition coefficient (Wildman–Crippen LogP) is 1.71. The Kier molecular flexibility index (Phi) is 3.05. The zero-order valence-corrected chi connectivity index (χ0v) is 9.09. The third kappa shape index (κ3) is 2.49. The SMILES string of the molecule is Nc1ccn(CCSc2nccs2)n1. The molecule has 2 heterocycles. The van der Waals surface area contributed by atoms with E-state index in [2.05, 4.69) is 10.1 Å². The van der Waals surface area contributed by atoms with Crippen molar-refractivity contribution < 1.29 is 0 Å². The average molecular weight is 226 g/mol. The Balaban J connectivity index is 1.78. The van der Waals surface area contributed by atoms with Gasteiger partial charge in [-0.15, -0.1) is 11.3 Å². The highest BCUT2D eigenvalue weighted by molar-refractivity contribution is 8.00. The van der Waals surface area contributed by atoms with Crippen LogP contribution in [0.2, 0.25) is 0 Å². The van der Waals surface area contributed by atoms with Gasteiger partial charge in [-0.3, -0.25) is 4.68 Å². The number of anilines is 1. The monoisotopic (exact) mass is 226 g/mol. The van der Waals surface area contributed by atoms with Crippen molar-refractivity contribution >= 4 is 28.9 Å². The molecule has 0 radical (unpaired) electrons. The Morgan fingerprint density at radius 1 is 1.57 bits per heavy atom. The van der Waals surface area contributed by atoms with E-state index in [4.69, 9.17) is 5.73 Å². The van der Waals surface area contributed by atoms with Crippen molar-refractivity contribution in [3.8, 4) is 0 Å². The number of nitrogens with zero attached hydrogens (tertiary/aromatic N) is 3. The van der Waals surface area contributed by atoms with E-state index in [9.17, 15) is 0 Å². The summed E-state index contributed by atoms with van der Waals surface area (Å²) >= 11 is 3.40. The largest absolute Gasteiger partial charge is 0.382 e. The van der Waals surface area contributed by atoms with Gasteiger partial charge in [-0.05, 0) is 6.07 Å². The van der Waals surface area contributed by atoms with Crippen molar-refractivity contribution in [1.82, 2.24) is 14.8 Å². The fourth-order valence-corrected chi connectivity index (χ4v) is 2.65. The van der Waals surface area contributed by atoms with Crippen LogP contribution in [0, 0.1) is 0 Å². The van der Waals surface area contributed by atoms with Crippen LogP contribution >= 0.6 is 23.1 Å². The Labute approximate surface area is 90.1 Å². The van der Waals surface area contributed by atoms with Gasteiger partial charge in [0.1, 0.15) is 10.2 Å². The lowest BCUT2D eigenvalue weighted by Crippen LogP contribution is -2.01. The van der Waals surface area contributed by atoms with Gasteiger partial charge in [-0.1, -0.05) is 11.8 Å². The minimum atomic E-state index is 0.573. The Morgan fingerprint density at radius 3 is 3.14 bits per heavy atom. The highest BCUT2D eigenvalue weighted by Gasteiger charge is 1.97. The van der Waals surface area contributed by atoms with Crippen molar-refractivity contribution in [3.63, 3.8) is 0 Å². The molecule has 0 bridgehead atoms. The Hall–Kier alpha value is -1.01. The maximum atomic E-state index is 5.50. The smallest absolute Gasteiger partial charge is 0.149 e. The molecule has 0 spiro atoms. The molecule has 0 saturated carbocycles. The normalized spacial score (nSPS) is 10.6. The lowest BCUT2D eigenvalue weighted by molar-refractivity contribution is 0.669. The molecule has 2 rings (SSSR count). The molecule has 14 heavy (non-hydrogen) atoms. The van der Waals surface area contributed by atoms with Crippen LogP contribution in [0.5, 0.6) is 0 Å². The molecule has 0 atom stereocenters. The molecule has 0 aromatic carbocycles. The maximum absolute atomic E-state index is 5.50. The minimum absolute atomic E-state index is 0.573. The summed E-state index contributed by atoms with van der Waals surface area (Å²) in [6, 6.07) is 1.80. The Bertz CT molecular complexity index is 382. The van der Waals surface area contributed by atoms with Crippen LogP contribution in [-0.2, 0) is 6.54 Å². The molecule has 2 N–H and O–H groups in total. The van der Waals surface area contributed by atoms with Crippen LogP contribution in [0.4, 0.5) is 5.82 Å². The number of thiazole rings is 1. The van der Waals surface area contributed by atoms with Gasteiger partial charge in [-0.25, -0.2) is 4.98 Å². The van der Waals surface area contributed by atoms with Gasteiger partial charge >= 0.3 is 0 Å². The number of nitrogen functional groups attached to an aromatic ring is 1.